The molecule has 0 heterocycles. The van der Waals surface area contributed by atoms with Crippen LogP contribution in [0.15, 0.2) is 18.2 Å². The SMILES string of the molecule is COc1ccc(NC(=O)CN(CCO)C2CCCCC2)cc1OC. The molecule has 1 aliphatic rings. The molecule has 1 amide bonds. The quantitative estimate of drug-likeness (QED) is 0.762. The summed E-state index contributed by atoms with van der Waals surface area (Å²) in [5, 5.41) is 12.2. The van der Waals surface area contributed by atoms with Crippen LogP contribution in [0.1, 0.15) is 32.1 Å². The second kappa shape index (κ2) is 9.49. The lowest BCUT2D eigenvalue weighted by Crippen LogP contribution is -2.43. The molecule has 0 radical (unpaired) electrons. The lowest BCUT2D eigenvalue weighted by molar-refractivity contribution is -0.118. The first kappa shape index (κ1) is 18.5. The molecule has 0 aliphatic heterocycles. The topological polar surface area (TPSA) is 71.0 Å². The van der Waals surface area contributed by atoms with E-state index in [0.717, 1.165) is 12.8 Å². The summed E-state index contributed by atoms with van der Waals surface area (Å²) in [6.07, 6.45) is 5.86. The molecule has 134 valence electrons. The summed E-state index contributed by atoms with van der Waals surface area (Å²) >= 11 is 0. The highest BCUT2D eigenvalue weighted by atomic mass is 16.5. The van der Waals surface area contributed by atoms with E-state index in [2.05, 4.69) is 10.2 Å². The molecule has 2 N–H and O–H groups in total. The zero-order valence-electron chi connectivity index (χ0n) is 14.6. The van der Waals surface area contributed by atoms with Gasteiger partial charge in [-0.15, -0.1) is 0 Å². The van der Waals surface area contributed by atoms with Crippen LogP contribution in [0, 0.1) is 0 Å². The second-order valence-corrected chi connectivity index (χ2v) is 6.10. The van der Waals surface area contributed by atoms with Crippen molar-refractivity contribution in [1.29, 1.82) is 0 Å². The van der Waals surface area contributed by atoms with Gasteiger partial charge in [-0.3, -0.25) is 9.69 Å². The minimum atomic E-state index is -0.0822. The smallest absolute Gasteiger partial charge is 0.238 e. The molecule has 0 unspecified atom stereocenters. The van der Waals surface area contributed by atoms with Crippen LogP contribution in [0.3, 0.4) is 0 Å². The number of aliphatic hydroxyl groups excluding tert-OH is 1. The zero-order chi connectivity index (χ0) is 17.4. The molecule has 1 aromatic rings. The van der Waals surface area contributed by atoms with Crippen molar-refractivity contribution in [3.63, 3.8) is 0 Å². The van der Waals surface area contributed by atoms with Crippen molar-refractivity contribution in [2.75, 3.05) is 39.2 Å². The Morgan fingerprint density at radius 3 is 2.54 bits per heavy atom. The summed E-state index contributed by atoms with van der Waals surface area (Å²) < 4.78 is 10.5. The molecule has 1 aliphatic carbocycles. The van der Waals surface area contributed by atoms with Gasteiger partial charge in [0.05, 0.1) is 27.4 Å². The normalized spacial score (nSPS) is 15.3. The molecule has 24 heavy (non-hydrogen) atoms. The van der Waals surface area contributed by atoms with Gasteiger partial charge >= 0.3 is 0 Å². The Balaban J connectivity index is 1.97. The summed E-state index contributed by atoms with van der Waals surface area (Å²) in [4.78, 5) is 14.5. The van der Waals surface area contributed by atoms with Crippen LogP contribution in [-0.4, -0.2) is 55.9 Å². The molecule has 1 saturated carbocycles. The Kier molecular flexibility index (Phi) is 7.34. The van der Waals surface area contributed by atoms with Crippen LogP contribution in [0.5, 0.6) is 11.5 Å². The van der Waals surface area contributed by atoms with Gasteiger partial charge in [-0.05, 0) is 25.0 Å². The van der Waals surface area contributed by atoms with Gasteiger partial charge in [0.2, 0.25) is 5.91 Å². The standard InChI is InChI=1S/C18H28N2O4/c1-23-16-9-8-14(12-17(16)24-2)19-18(22)13-20(10-11-21)15-6-4-3-5-7-15/h8-9,12,15,21H,3-7,10-11,13H2,1-2H3,(H,19,22). The van der Waals surface area contributed by atoms with Crippen LogP contribution in [0.4, 0.5) is 5.69 Å². The number of aliphatic hydroxyl groups is 1. The Hall–Kier alpha value is -1.79. The average molecular weight is 336 g/mol. The molecule has 6 nitrogen and oxygen atoms in total. The molecular weight excluding hydrogens is 308 g/mol. The Labute approximate surface area is 143 Å². The third-order valence-electron chi connectivity index (χ3n) is 4.49. The molecule has 2 rings (SSSR count). The molecular formula is C18H28N2O4. The first-order chi connectivity index (χ1) is 11.7. The lowest BCUT2D eigenvalue weighted by atomic mass is 9.94. The molecule has 1 aromatic carbocycles. The zero-order valence-corrected chi connectivity index (χ0v) is 14.6. The van der Waals surface area contributed by atoms with Crippen molar-refractivity contribution < 1.29 is 19.4 Å². The molecule has 6 heteroatoms. The highest BCUT2D eigenvalue weighted by Gasteiger charge is 2.22. The van der Waals surface area contributed by atoms with Crippen molar-refractivity contribution in [3.8, 4) is 11.5 Å². The first-order valence-electron chi connectivity index (χ1n) is 8.54. The van der Waals surface area contributed by atoms with E-state index in [-0.39, 0.29) is 12.5 Å². The third-order valence-corrected chi connectivity index (χ3v) is 4.49. The number of carbonyl (C=O) groups is 1. The Morgan fingerprint density at radius 1 is 1.21 bits per heavy atom. The number of rotatable bonds is 8. The first-order valence-corrected chi connectivity index (χ1v) is 8.54. The fourth-order valence-corrected chi connectivity index (χ4v) is 3.26. The van der Waals surface area contributed by atoms with Crippen LogP contribution in [0.2, 0.25) is 0 Å². The Bertz CT molecular complexity index is 530. The number of ether oxygens (including phenoxy) is 2. The van der Waals surface area contributed by atoms with Crippen LogP contribution in [-0.2, 0) is 4.79 Å². The van der Waals surface area contributed by atoms with E-state index in [9.17, 15) is 9.90 Å². The number of carbonyl (C=O) groups excluding carboxylic acids is 1. The number of nitrogens with zero attached hydrogens (tertiary/aromatic N) is 1. The van der Waals surface area contributed by atoms with Gasteiger partial charge < -0.3 is 19.9 Å². The largest absolute Gasteiger partial charge is 0.493 e. The predicted octanol–water partition coefficient (Wildman–Crippen LogP) is 2.27. The highest BCUT2D eigenvalue weighted by Crippen LogP contribution is 2.29. The molecule has 0 aromatic heterocycles. The van der Waals surface area contributed by atoms with E-state index >= 15 is 0 Å². The molecule has 1 fully saturated rings. The lowest BCUT2D eigenvalue weighted by Gasteiger charge is -2.33. The predicted molar refractivity (Wildman–Crippen MR) is 93.7 cm³/mol. The number of amides is 1. The van der Waals surface area contributed by atoms with E-state index in [1.807, 2.05) is 0 Å². The maximum absolute atomic E-state index is 12.4. The fraction of sp³-hybridized carbons (Fsp3) is 0.611. The van der Waals surface area contributed by atoms with Crippen molar-refractivity contribution in [2.24, 2.45) is 0 Å². The van der Waals surface area contributed by atoms with Gasteiger partial charge in [0.15, 0.2) is 11.5 Å². The highest BCUT2D eigenvalue weighted by molar-refractivity contribution is 5.92. The number of nitrogens with one attached hydrogen (secondary N) is 1. The maximum atomic E-state index is 12.4. The number of methoxy groups -OCH3 is 2. The third kappa shape index (κ3) is 5.11. The monoisotopic (exact) mass is 336 g/mol. The van der Waals surface area contributed by atoms with Gasteiger partial charge in [0.1, 0.15) is 0 Å². The fourth-order valence-electron chi connectivity index (χ4n) is 3.26. The van der Waals surface area contributed by atoms with Gasteiger partial charge in [0, 0.05) is 24.3 Å². The summed E-state index contributed by atoms with van der Waals surface area (Å²) in [6.45, 7) is 0.893. The summed E-state index contributed by atoms with van der Waals surface area (Å²) in [5.74, 6) is 1.12. The minimum Gasteiger partial charge on any atom is -0.493 e. The van der Waals surface area contributed by atoms with Crippen LogP contribution >= 0.6 is 0 Å². The van der Waals surface area contributed by atoms with Gasteiger partial charge in [-0.1, -0.05) is 19.3 Å². The van der Waals surface area contributed by atoms with E-state index in [4.69, 9.17) is 9.47 Å². The summed E-state index contributed by atoms with van der Waals surface area (Å²) in [7, 11) is 3.14. The number of hydrogen-bond acceptors (Lipinski definition) is 5. The maximum Gasteiger partial charge on any atom is 0.238 e. The van der Waals surface area contributed by atoms with Crippen molar-refractivity contribution in [2.45, 2.75) is 38.1 Å². The average Bonchev–Trinajstić information content (AvgIpc) is 2.62. The summed E-state index contributed by atoms with van der Waals surface area (Å²) in [5.41, 5.74) is 0.672. The van der Waals surface area contributed by atoms with Crippen molar-refractivity contribution >= 4 is 11.6 Å². The molecule has 0 atom stereocenters. The molecule has 0 bridgehead atoms. The van der Waals surface area contributed by atoms with Gasteiger partial charge in [0.25, 0.3) is 0 Å². The van der Waals surface area contributed by atoms with Crippen molar-refractivity contribution in [3.05, 3.63) is 18.2 Å². The van der Waals surface area contributed by atoms with Gasteiger partial charge in [-0.2, -0.15) is 0 Å². The second-order valence-electron chi connectivity index (χ2n) is 6.10. The van der Waals surface area contributed by atoms with E-state index in [0.29, 0.717) is 36.3 Å². The van der Waals surface area contributed by atoms with E-state index in [1.165, 1.54) is 19.3 Å². The number of hydrogen-bond donors (Lipinski definition) is 2. The minimum absolute atomic E-state index is 0.0696. The van der Waals surface area contributed by atoms with Crippen molar-refractivity contribution in [1.82, 2.24) is 4.90 Å². The summed E-state index contributed by atoms with van der Waals surface area (Å²) in [6, 6.07) is 5.69. The van der Waals surface area contributed by atoms with Crippen LogP contribution < -0.4 is 14.8 Å². The van der Waals surface area contributed by atoms with E-state index < -0.39 is 0 Å². The number of benzene rings is 1. The molecule has 0 saturated heterocycles. The van der Waals surface area contributed by atoms with Gasteiger partial charge in [-0.25, -0.2) is 0 Å². The number of anilines is 1. The Morgan fingerprint density at radius 2 is 1.92 bits per heavy atom. The van der Waals surface area contributed by atoms with Crippen LogP contribution in [0.25, 0.3) is 0 Å². The molecule has 0 spiro atoms. The van der Waals surface area contributed by atoms with E-state index in [1.54, 1.807) is 32.4 Å².